The van der Waals surface area contributed by atoms with Crippen LogP contribution in [-0.4, -0.2) is 45.4 Å². The van der Waals surface area contributed by atoms with Gasteiger partial charge in [0.15, 0.2) is 0 Å². The third kappa shape index (κ3) is 8.91. The normalized spacial score (nSPS) is 17.2. The fraction of sp³-hybridized carbons (Fsp3) is 0.517. The Morgan fingerprint density at radius 2 is 1.94 bits per heavy atom. The first-order chi connectivity index (χ1) is 17.5. The molecule has 6 nitrogen and oxygen atoms in total. The Morgan fingerprint density at radius 3 is 2.64 bits per heavy atom. The van der Waals surface area contributed by atoms with E-state index in [1.54, 1.807) is 0 Å². The van der Waals surface area contributed by atoms with E-state index in [-0.39, 0.29) is 18.3 Å². The number of methoxy groups -OCH3 is 1. The summed E-state index contributed by atoms with van der Waals surface area (Å²) >= 11 is 6.25. The maximum atomic E-state index is 13.0. The van der Waals surface area contributed by atoms with Crippen LogP contribution in [0.1, 0.15) is 73.0 Å². The van der Waals surface area contributed by atoms with E-state index < -0.39 is 6.10 Å². The van der Waals surface area contributed by atoms with Crippen LogP contribution in [0.5, 0.6) is 0 Å². The van der Waals surface area contributed by atoms with Crippen molar-refractivity contribution in [1.29, 1.82) is 0 Å². The molecule has 2 aromatic carbocycles. The molecule has 1 fully saturated rings. The number of benzene rings is 2. The highest BCUT2D eigenvalue weighted by atomic mass is 35.5. The van der Waals surface area contributed by atoms with Crippen LogP contribution in [0.3, 0.4) is 0 Å². The minimum Gasteiger partial charge on any atom is -0.469 e. The van der Waals surface area contributed by atoms with Gasteiger partial charge in [-0.3, -0.25) is 9.59 Å². The fourth-order valence-corrected chi connectivity index (χ4v) is 4.81. The summed E-state index contributed by atoms with van der Waals surface area (Å²) in [4.78, 5) is 24.5. The summed E-state index contributed by atoms with van der Waals surface area (Å²) in [6.07, 6.45) is 4.83. The topological polar surface area (TPSA) is 73.9 Å². The zero-order valence-corrected chi connectivity index (χ0v) is 22.1. The molecule has 0 radical (unpaired) electrons. The molecule has 1 heterocycles. The summed E-state index contributed by atoms with van der Waals surface area (Å²) in [5.41, 5.74) is 2.33. The molecule has 0 spiro atoms. The Balaban J connectivity index is 1.66. The molecule has 1 amide bonds. The number of hydrogen-bond acceptors (Lipinski definition) is 5. The van der Waals surface area contributed by atoms with Crippen LogP contribution < -0.4 is 5.32 Å². The van der Waals surface area contributed by atoms with Crippen LogP contribution in [0.2, 0.25) is 5.02 Å². The molecule has 3 rings (SSSR count). The van der Waals surface area contributed by atoms with E-state index in [1.165, 1.54) is 13.5 Å². The molecule has 0 aliphatic carbocycles. The number of carbonyl (C=O) groups is 2. The molecule has 1 aliphatic rings. The van der Waals surface area contributed by atoms with Gasteiger partial charge in [0.25, 0.3) is 5.91 Å². The Labute approximate surface area is 219 Å². The van der Waals surface area contributed by atoms with Crippen LogP contribution >= 0.6 is 11.6 Å². The van der Waals surface area contributed by atoms with Crippen molar-refractivity contribution in [2.45, 2.75) is 51.6 Å². The van der Waals surface area contributed by atoms with Crippen molar-refractivity contribution in [3.8, 4) is 0 Å². The van der Waals surface area contributed by atoms with Crippen molar-refractivity contribution in [2.75, 3.05) is 33.5 Å². The second-order valence-corrected chi connectivity index (χ2v) is 9.85. The van der Waals surface area contributed by atoms with Crippen LogP contribution in [0, 0.1) is 11.8 Å². The summed E-state index contributed by atoms with van der Waals surface area (Å²) in [6, 6.07) is 15.0. The molecule has 0 bridgehead atoms. The fourth-order valence-electron chi connectivity index (χ4n) is 4.62. The summed E-state index contributed by atoms with van der Waals surface area (Å²) < 4.78 is 16.5. The van der Waals surface area contributed by atoms with Gasteiger partial charge >= 0.3 is 5.97 Å². The number of amides is 1. The summed E-state index contributed by atoms with van der Waals surface area (Å²) in [6.45, 7) is 4.89. The second-order valence-electron chi connectivity index (χ2n) is 9.41. The average Bonchev–Trinajstić information content (AvgIpc) is 2.91. The zero-order valence-electron chi connectivity index (χ0n) is 21.3. The van der Waals surface area contributed by atoms with Gasteiger partial charge in [-0.1, -0.05) is 49.2 Å². The first kappa shape index (κ1) is 28.2. The SMILES string of the molecule is CC[C@H](CNC(=O)c1cccc([C@@H](OCCCC(=O)OC)c2cccc(Cl)c2)c1)C[C@@H]1CCCOC1. The Morgan fingerprint density at radius 1 is 1.17 bits per heavy atom. The van der Waals surface area contributed by atoms with E-state index in [0.717, 1.165) is 43.6 Å². The highest BCUT2D eigenvalue weighted by Crippen LogP contribution is 2.29. The smallest absolute Gasteiger partial charge is 0.305 e. The Bertz CT molecular complexity index is 976. The van der Waals surface area contributed by atoms with Crippen molar-refractivity contribution in [2.24, 2.45) is 11.8 Å². The lowest BCUT2D eigenvalue weighted by Gasteiger charge is -2.26. The van der Waals surface area contributed by atoms with Crippen molar-refractivity contribution in [3.63, 3.8) is 0 Å². The van der Waals surface area contributed by atoms with E-state index in [9.17, 15) is 9.59 Å². The number of halogens is 1. The molecule has 2 aromatic rings. The lowest BCUT2D eigenvalue weighted by atomic mass is 9.89. The second kappa shape index (κ2) is 15.0. The van der Waals surface area contributed by atoms with E-state index in [1.807, 2.05) is 48.5 Å². The van der Waals surface area contributed by atoms with Crippen molar-refractivity contribution in [3.05, 3.63) is 70.2 Å². The van der Waals surface area contributed by atoms with Gasteiger partial charge < -0.3 is 19.5 Å². The molecule has 3 atom stereocenters. The monoisotopic (exact) mass is 515 g/mol. The lowest BCUT2D eigenvalue weighted by Crippen LogP contribution is -2.31. The van der Waals surface area contributed by atoms with E-state index in [0.29, 0.717) is 42.0 Å². The summed E-state index contributed by atoms with van der Waals surface area (Å²) in [7, 11) is 1.38. The number of nitrogens with one attached hydrogen (secondary N) is 1. The third-order valence-electron chi connectivity index (χ3n) is 6.69. The van der Waals surface area contributed by atoms with E-state index in [2.05, 4.69) is 12.2 Å². The molecule has 1 aliphatic heterocycles. The van der Waals surface area contributed by atoms with E-state index >= 15 is 0 Å². The first-order valence-corrected chi connectivity index (χ1v) is 13.3. The van der Waals surface area contributed by atoms with Gasteiger partial charge in [0.2, 0.25) is 0 Å². The van der Waals surface area contributed by atoms with Gasteiger partial charge in [-0.25, -0.2) is 0 Å². The largest absolute Gasteiger partial charge is 0.469 e. The number of rotatable bonds is 13. The van der Waals surface area contributed by atoms with Crippen molar-refractivity contribution < 1.29 is 23.8 Å². The highest BCUT2D eigenvalue weighted by molar-refractivity contribution is 6.30. The number of hydrogen-bond donors (Lipinski definition) is 1. The molecular formula is C29H38ClNO5. The minimum absolute atomic E-state index is 0.0919. The van der Waals surface area contributed by atoms with Crippen LogP contribution in [0.15, 0.2) is 48.5 Å². The quantitative estimate of drug-likeness (QED) is 0.263. The third-order valence-corrected chi connectivity index (χ3v) is 6.93. The van der Waals surface area contributed by atoms with E-state index in [4.69, 9.17) is 25.8 Å². The Hall–Kier alpha value is -2.41. The van der Waals surface area contributed by atoms with Gasteiger partial charge in [-0.05, 0) is 72.9 Å². The maximum absolute atomic E-state index is 13.0. The Kier molecular flexibility index (Phi) is 11.7. The maximum Gasteiger partial charge on any atom is 0.305 e. The predicted molar refractivity (Wildman–Crippen MR) is 141 cm³/mol. The van der Waals surface area contributed by atoms with Crippen LogP contribution in [-0.2, 0) is 19.0 Å². The standard InChI is InChI=1S/C29H38ClNO5/c1-3-21(16-22-8-6-14-35-20-22)19-31-29(33)25-11-4-9-23(17-25)28(24-10-5-12-26(30)18-24)36-15-7-13-27(32)34-2/h4-5,9-12,17-18,21-22,28H,3,6-8,13-16,19-20H2,1-2H3,(H,31,33)/t21-,22-,28+/m0/s1. The van der Waals surface area contributed by atoms with Gasteiger partial charge in [0.1, 0.15) is 6.10 Å². The lowest BCUT2D eigenvalue weighted by molar-refractivity contribution is -0.141. The number of ether oxygens (including phenoxy) is 3. The van der Waals surface area contributed by atoms with Gasteiger partial charge in [-0.15, -0.1) is 0 Å². The molecule has 36 heavy (non-hydrogen) atoms. The number of esters is 1. The minimum atomic E-state index is -0.413. The molecule has 0 aromatic heterocycles. The van der Waals surface area contributed by atoms with Gasteiger partial charge in [0.05, 0.1) is 7.11 Å². The molecule has 0 unspecified atom stereocenters. The van der Waals surface area contributed by atoms with Crippen molar-refractivity contribution >= 4 is 23.5 Å². The van der Waals surface area contributed by atoms with Crippen LogP contribution in [0.25, 0.3) is 0 Å². The van der Waals surface area contributed by atoms with Gasteiger partial charge in [-0.2, -0.15) is 0 Å². The average molecular weight is 516 g/mol. The first-order valence-electron chi connectivity index (χ1n) is 12.9. The number of carbonyl (C=O) groups excluding carboxylic acids is 2. The molecule has 1 saturated heterocycles. The van der Waals surface area contributed by atoms with Crippen LogP contribution in [0.4, 0.5) is 0 Å². The highest BCUT2D eigenvalue weighted by Gasteiger charge is 2.21. The van der Waals surface area contributed by atoms with Crippen molar-refractivity contribution in [1.82, 2.24) is 5.32 Å². The summed E-state index contributed by atoms with van der Waals surface area (Å²) in [5.74, 6) is 0.656. The molecule has 1 N–H and O–H groups in total. The summed E-state index contributed by atoms with van der Waals surface area (Å²) in [5, 5.41) is 3.74. The predicted octanol–water partition coefficient (Wildman–Crippen LogP) is 5.97. The molecular weight excluding hydrogens is 478 g/mol. The molecule has 0 saturated carbocycles. The molecule has 7 heteroatoms. The zero-order chi connectivity index (χ0) is 25.8. The van der Waals surface area contributed by atoms with Gasteiger partial charge in [0, 0.05) is 43.4 Å². The molecule has 196 valence electrons.